The minimum Gasteiger partial charge on any atom is -0.506 e. The monoisotopic (exact) mass is 203 g/mol. The normalized spacial score (nSPS) is 10.0. The van der Waals surface area contributed by atoms with Gasteiger partial charge in [0.25, 0.3) is 0 Å². The zero-order chi connectivity index (χ0) is 10.0. The number of halogens is 2. The molecule has 1 aromatic carbocycles. The fourth-order valence-corrected chi connectivity index (χ4v) is 1.14. The quantitative estimate of drug-likeness (QED) is 0.759. The Hall–Kier alpha value is -1.29. The molecule has 1 amide bonds. The Kier molecular flexibility index (Phi) is 2.72. The van der Waals surface area contributed by atoms with Crippen LogP contribution in [0, 0.1) is 5.82 Å². The molecule has 0 fully saturated rings. The van der Waals surface area contributed by atoms with Crippen LogP contribution in [-0.2, 0) is 11.2 Å². The van der Waals surface area contributed by atoms with Crippen LogP contribution in [0.3, 0.4) is 0 Å². The van der Waals surface area contributed by atoms with Crippen molar-refractivity contribution >= 4 is 17.5 Å². The van der Waals surface area contributed by atoms with Gasteiger partial charge in [-0.2, -0.15) is 0 Å². The van der Waals surface area contributed by atoms with Crippen LogP contribution in [0.4, 0.5) is 4.39 Å². The van der Waals surface area contributed by atoms with Gasteiger partial charge in [0.15, 0.2) is 0 Å². The van der Waals surface area contributed by atoms with Gasteiger partial charge in [0.2, 0.25) is 5.91 Å². The fourth-order valence-electron chi connectivity index (χ4n) is 0.922. The summed E-state index contributed by atoms with van der Waals surface area (Å²) in [5, 5.41) is 8.92. The zero-order valence-electron chi connectivity index (χ0n) is 6.55. The molecule has 3 N–H and O–H groups in total. The van der Waals surface area contributed by atoms with Crippen molar-refractivity contribution in [1.29, 1.82) is 0 Å². The Balaban J connectivity index is 3.17. The number of hydrogen-bond donors (Lipinski definition) is 2. The van der Waals surface area contributed by atoms with E-state index in [9.17, 15) is 9.18 Å². The van der Waals surface area contributed by atoms with Crippen molar-refractivity contribution in [2.24, 2.45) is 5.73 Å². The molecule has 0 aliphatic carbocycles. The average Bonchev–Trinajstić information content (AvgIpc) is 2.05. The lowest BCUT2D eigenvalue weighted by atomic mass is 10.1. The highest BCUT2D eigenvalue weighted by atomic mass is 35.5. The third kappa shape index (κ3) is 2.09. The molecule has 0 saturated carbocycles. The van der Waals surface area contributed by atoms with Gasteiger partial charge in [-0.1, -0.05) is 11.6 Å². The number of phenolic OH excluding ortho intramolecular Hbond substituents is 1. The van der Waals surface area contributed by atoms with Gasteiger partial charge in [-0.15, -0.1) is 0 Å². The van der Waals surface area contributed by atoms with Gasteiger partial charge in [0, 0.05) is 5.56 Å². The first kappa shape index (κ1) is 9.80. The van der Waals surface area contributed by atoms with Crippen molar-refractivity contribution in [2.45, 2.75) is 6.42 Å². The second-order valence-corrected chi connectivity index (χ2v) is 2.88. The van der Waals surface area contributed by atoms with E-state index < -0.39 is 11.7 Å². The molecule has 3 nitrogen and oxygen atoms in total. The van der Waals surface area contributed by atoms with Crippen LogP contribution in [0.1, 0.15) is 5.56 Å². The highest BCUT2D eigenvalue weighted by Crippen LogP contribution is 2.29. The van der Waals surface area contributed by atoms with Crippen molar-refractivity contribution in [3.63, 3.8) is 0 Å². The fraction of sp³-hybridized carbons (Fsp3) is 0.125. The smallest absolute Gasteiger partial charge is 0.222 e. The van der Waals surface area contributed by atoms with E-state index in [2.05, 4.69) is 0 Å². The first-order chi connectivity index (χ1) is 6.02. The molecule has 0 heterocycles. The lowest BCUT2D eigenvalue weighted by molar-refractivity contribution is -0.117. The van der Waals surface area contributed by atoms with E-state index in [0.29, 0.717) is 0 Å². The van der Waals surface area contributed by atoms with E-state index in [-0.39, 0.29) is 22.8 Å². The molecule has 0 radical (unpaired) electrons. The van der Waals surface area contributed by atoms with Crippen LogP contribution in [-0.4, -0.2) is 11.0 Å². The third-order valence-corrected chi connectivity index (χ3v) is 1.94. The van der Waals surface area contributed by atoms with Gasteiger partial charge in [-0.05, 0) is 12.1 Å². The third-order valence-electron chi connectivity index (χ3n) is 1.52. The van der Waals surface area contributed by atoms with Crippen LogP contribution in [0.25, 0.3) is 0 Å². The number of carbonyl (C=O) groups is 1. The average molecular weight is 204 g/mol. The van der Waals surface area contributed by atoms with Crippen molar-refractivity contribution in [3.8, 4) is 5.75 Å². The summed E-state index contributed by atoms with van der Waals surface area (Å²) in [6, 6.07) is 2.14. The largest absolute Gasteiger partial charge is 0.506 e. The lowest BCUT2D eigenvalue weighted by Crippen LogP contribution is -2.14. The SMILES string of the molecule is NC(=O)Cc1c(F)ccc(O)c1Cl. The van der Waals surface area contributed by atoms with E-state index in [1.807, 2.05) is 0 Å². The standard InChI is InChI=1S/C8H7ClFNO2/c9-8-4(3-7(11)13)5(10)1-2-6(8)12/h1-2,12H,3H2,(H2,11,13). The summed E-state index contributed by atoms with van der Waals surface area (Å²) >= 11 is 5.54. The maximum absolute atomic E-state index is 13.0. The van der Waals surface area contributed by atoms with Crippen molar-refractivity contribution in [2.75, 3.05) is 0 Å². The molecular formula is C8H7ClFNO2. The van der Waals surface area contributed by atoms with E-state index in [1.54, 1.807) is 0 Å². The Morgan fingerprint density at radius 3 is 2.77 bits per heavy atom. The van der Waals surface area contributed by atoms with E-state index in [1.165, 1.54) is 0 Å². The molecule has 1 aromatic rings. The molecule has 0 aromatic heterocycles. The number of phenols is 1. The molecule has 0 aliphatic rings. The predicted octanol–water partition coefficient (Wildman–Crippen LogP) is 1.21. The van der Waals surface area contributed by atoms with Gasteiger partial charge >= 0.3 is 0 Å². The molecule has 0 aliphatic heterocycles. The maximum Gasteiger partial charge on any atom is 0.222 e. The van der Waals surface area contributed by atoms with Gasteiger partial charge in [0.1, 0.15) is 11.6 Å². The number of nitrogens with two attached hydrogens (primary N) is 1. The van der Waals surface area contributed by atoms with Crippen LogP contribution in [0.15, 0.2) is 12.1 Å². The first-order valence-electron chi connectivity index (χ1n) is 3.46. The molecule has 0 spiro atoms. The minimum atomic E-state index is -0.702. The van der Waals surface area contributed by atoms with E-state index >= 15 is 0 Å². The number of carbonyl (C=O) groups excluding carboxylic acids is 1. The van der Waals surface area contributed by atoms with Gasteiger partial charge in [-0.3, -0.25) is 4.79 Å². The van der Waals surface area contributed by atoms with Crippen LogP contribution in [0.2, 0.25) is 5.02 Å². The highest BCUT2D eigenvalue weighted by Gasteiger charge is 2.13. The van der Waals surface area contributed by atoms with Crippen LogP contribution in [0.5, 0.6) is 5.75 Å². The zero-order valence-corrected chi connectivity index (χ0v) is 7.31. The van der Waals surface area contributed by atoms with Gasteiger partial charge in [-0.25, -0.2) is 4.39 Å². The van der Waals surface area contributed by atoms with Gasteiger partial charge < -0.3 is 10.8 Å². The predicted molar refractivity (Wildman–Crippen MR) is 46.0 cm³/mol. The van der Waals surface area contributed by atoms with Crippen LogP contribution >= 0.6 is 11.6 Å². The lowest BCUT2D eigenvalue weighted by Gasteiger charge is -2.04. The molecule has 5 heteroatoms. The molecule has 0 atom stereocenters. The topological polar surface area (TPSA) is 63.3 Å². The molecule has 0 bridgehead atoms. The Labute approximate surface area is 78.9 Å². The van der Waals surface area contributed by atoms with Crippen molar-refractivity contribution < 1.29 is 14.3 Å². The Morgan fingerprint density at radius 1 is 1.62 bits per heavy atom. The Morgan fingerprint density at radius 2 is 2.23 bits per heavy atom. The number of rotatable bonds is 2. The summed E-state index contributed by atoms with van der Waals surface area (Å²) < 4.78 is 13.0. The highest BCUT2D eigenvalue weighted by molar-refractivity contribution is 6.33. The number of hydrogen-bond acceptors (Lipinski definition) is 2. The van der Waals surface area contributed by atoms with Crippen molar-refractivity contribution in [1.82, 2.24) is 0 Å². The second-order valence-electron chi connectivity index (χ2n) is 2.50. The number of amides is 1. The Bertz CT molecular complexity index is 354. The molecule has 0 saturated heterocycles. The molecule has 1 rings (SSSR count). The first-order valence-corrected chi connectivity index (χ1v) is 3.84. The summed E-state index contributed by atoms with van der Waals surface area (Å²) in [5.74, 6) is -1.62. The molecule has 0 unspecified atom stereocenters. The minimum absolute atomic E-state index is 0.0748. The molecule has 70 valence electrons. The summed E-state index contributed by atoms with van der Waals surface area (Å²) in [4.78, 5) is 10.5. The second kappa shape index (κ2) is 3.62. The summed E-state index contributed by atoms with van der Waals surface area (Å²) in [5.41, 5.74) is 4.79. The molecular weight excluding hydrogens is 197 g/mol. The number of benzene rings is 1. The number of aromatic hydroxyl groups is 1. The summed E-state index contributed by atoms with van der Waals surface area (Å²) in [7, 11) is 0. The summed E-state index contributed by atoms with van der Waals surface area (Å²) in [6.07, 6.45) is -0.320. The van der Waals surface area contributed by atoms with Gasteiger partial charge in [0.05, 0.1) is 11.4 Å². The number of primary amides is 1. The van der Waals surface area contributed by atoms with E-state index in [0.717, 1.165) is 12.1 Å². The maximum atomic E-state index is 13.0. The van der Waals surface area contributed by atoms with Crippen molar-refractivity contribution in [3.05, 3.63) is 28.5 Å². The van der Waals surface area contributed by atoms with E-state index in [4.69, 9.17) is 22.4 Å². The molecule has 13 heavy (non-hydrogen) atoms. The van der Waals surface area contributed by atoms with Crippen LogP contribution < -0.4 is 5.73 Å². The summed E-state index contributed by atoms with van der Waals surface area (Å²) in [6.45, 7) is 0.